The average molecular weight is 415 g/mol. The summed E-state index contributed by atoms with van der Waals surface area (Å²) in [5.74, 6) is -0.511. The first-order valence-corrected chi connectivity index (χ1v) is 9.09. The van der Waals surface area contributed by atoms with E-state index < -0.39 is 24.0 Å². The molecule has 1 aromatic heterocycles. The number of aryl methyl sites for hydroxylation is 1. The molecule has 0 aliphatic rings. The van der Waals surface area contributed by atoms with E-state index in [4.69, 9.17) is 0 Å². The van der Waals surface area contributed by atoms with Crippen molar-refractivity contribution in [3.8, 4) is 0 Å². The standard InChI is InChI=1S/C19H25F4N5O/c1-4-24-17(28(3)13-14-6-5-7-15(20)12-14)26-9-8-18(29,19(21,22)23)16-25-10-11-27(16)2/h5-7,10-12,29H,4,8-9,13H2,1-3H3,(H,24,26). The van der Waals surface area contributed by atoms with Gasteiger partial charge < -0.3 is 19.9 Å². The fraction of sp³-hybridized carbons (Fsp3) is 0.474. The van der Waals surface area contributed by atoms with E-state index in [2.05, 4.69) is 15.3 Å². The molecule has 2 aromatic rings. The first-order valence-electron chi connectivity index (χ1n) is 9.09. The van der Waals surface area contributed by atoms with Crippen LogP contribution >= 0.6 is 0 Å². The van der Waals surface area contributed by atoms with Crippen LogP contribution in [0.2, 0.25) is 0 Å². The van der Waals surface area contributed by atoms with Crippen molar-refractivity contribution in [2.24, 2.45) is 12.0 Å². The summed E-state index contributed by atoms with van der Waals surface area (Å²) in [5.41, 5.74) is -2.43. The Hall–Kier alpha value is -2.62. The Morgan fingerprint density at radius 1 is 1.34 bits per heavy atom. The van der Waals surface area contributed by atoms with Crippen LogP contribution in [0.4, 0.5) is 17.6 Å². The summed E-state index contributed by atoms with van der Waals surface area (Å²) < 4.78 is 55.3. The number of imidazole rings is 1. The third-order valence-electron chi connectivity index (χ3n) is 4.40. The Morgan fingerprint density at radius 3 is 2.62 bits per heavy atom. The number of rotatable bonds is 7. The average Bonchev–Trinajstić information content (AvgIpc) is 3.06. The number of hydrogen-bond donors (Lipinski definition) is 2. The molecule has 0 spiro atoms. The smallest absolute Gasteiger partial charge is 0.374 e. The fourth-order valence-corrected chi connectivity index (χ4v) is 2.92. The second-order valence-electron chi connectivity index (χ2n) is 6.69. The lowest BCUT2D eigenvalue weighted by molar-refractivity contribution is -0.272. The zero-order valence-corrected chi connectivity index (χ0v) is 16.5. The van der Waals surface area contributed by atoms with Gasteiger partial charge in [-0.15, -0.1) is 0 Å². The summed E-state index contributed by atoms with van der Waals surface area (Å²) in [6, 6.07) is 6.04. The predicted octanol–water partition coefficient (Wildman–Crippen LogP) is 2.80. The molecular weight excluding hydrogens is 390 g/mol. The third-order valence-corrected chi connectivity index (χ3v) is 4.40. The van der Waals surface area contributed by atoms with E-state index in [1.165, 1.54) is 31.6 Å². The minimum atomic E-state index is -4.91. The summed E-state index contributed by atoms with van der Waals surface area (Å²) >= 11 is 0. The molecule has 10 heteroatoms. The normalized spacial score (nSPS) is 14.6. The molecule has 29 heavy (non-hydrogen) atoms. The first-order chi connectivity index (χ1) is 13.6. The molecule has 160 valence electrons. The molecule has 0 aliphatic carbocycles. The van der Waals surface area contributed by atoms with Crippen LogP contribution in [-0.4, -0.2) is 51.8 Å². The van der Waals surface area contributed by atoms with Crippen LogP contribution < -0.4 is 5.32 Å². The van der Waals surface area contributed by atoms with Crippen molar-refractivity contribution in [3.05, 3.63) is 53.9 Å². The summed E-state index contributed by atoms with van der Waals surface area (Å²) in [6.07, 6.45) is -3.06. The van der Waals surface area contributed by atoms with Crippen molar-refractivity contribution >= 4 is 5.96 Å². The van der Waals surface area contributed by atoms with Gasteiger partial charge in [0.1, 0.15) is 11.6 Å². The minimum absolute atomic E-state index is 0.293. The van der Waals surface area contributed by atoms with Crippen molar-refractivity contribution in [1.29, 1.82) is 0 Å². The predicted molar refractivity (Wildman–Crippen MR) is 102 cm³/mol. The lowest BCUT2D eigenvalue weighted by Gasteiger charge is -2.29. The Morgan fingerprint density at radius 2 is 2.07 bits per heavy atom. The van der Waals surface area contributed by atoms with Gasteiger partial charge in [0.25, 0.3) is 0 Å². The van der Waals surface area contributed by atoms with Gasteiger partial charge in [0.05, 0.1) is 0 Å². The van der Waals surface area contributed by atoms with E-state index in [9.17, 15) is 22.7 Å². The van der Waals surface area contributed by atoms with Crippen LogP contribution in [0.15, 0.2) is 41.7 Å². The zero-order chi connectivity index (χ0) is 21.7. The quantitative estimate of drug-likeness (QED) is 0.415. The molecule has 2 N–H and O–H groups in total. The molecule has 0 saturated carbocycles. The van der Waals surface area contributed by atoms with E-state index in [1.807, 2.05) is 6.92 Å². The number of alkyl halides is 3. The number of nitrogens with zero attached hydrogens (tertiary/aromatic N) is 4. The molecule has 1 aromatic carbocycles. The van der Waals surface area contributed by atoms with Crippen molar-refractivity contribution in [1.82, 2.24) is 19.8 Å². The van der Waals surface area contributed by atoms with Crippen LogP contribution in [0.25, 0.3) is 0 Å². The Labute approximate surface area is 166 Å². The van der Waals surface area contributed by atoms with Gasteiger partial charge in [0.2, 0.25) is 5.60 Å². The monoisotopic (exact) mass is 415 g/mol. The number of aliphatic hydroxyl groups is 1. The molecule has 1 unspecified atom stereocenters. The second kappa shape index (κ2) is 9.25. The van der Waals surface area contributed by atoms with Crippen molar-refractivity contribution in [2.45, 2.75) is 31.7 Å². The number of aliphatic imine (C=N–C) groups is 1. The number of nitrogens with one attached hydrogen (secondary N) is 1. The molecule has 0 radical (unpaired) electrons. The van der Waals surface area contributed by atoms with Crippen molar-refractivity contribution in [3.63, 3.8) is 0 Å². The Kier molecular flexibility index (Phi) is 7.23. The first kappa shape index (κ1) is 22.7. The number of aromatic nitrogens is 2. The van der Waals surface area contributed by atoms with E-state index in [0.29, 0.717) is 24.6 Å². The molecule has 0 saturated heterocycles. The van der Waals surface area contributed by atoms with Crippen molar-refractivity contribution in [2.75, 3.05) is 20.1 Å². The van der Waals surface area contributed by atoms with Crippen LogP contribution in [0.3, 0.4) is 0 Å². The largest absolute Gasteiger partial charge is 0.424 e. The van der Waals surface area contributed by atoms with E-state index in [-0.39, 0.29) is 12.4 Å². The highest BCUT2D eigenvalue weighted by Crippen LogP contribution is 2.40. The molecule has 1 atom stereocenters. The lowest BCUT2D eigenvalue weighted by Crippen LogP contribution is -2.45. The van der Waals surface area contributed by atoms with Gasteiger partial charge in [-0.25, -0.2) is 9.37 Å². The highest BCUT2D eigenvalue weighted by atomic mass is 19.4. The van der Waals surface area contributed by atoms with Gasteiger partial charge in [-0.3, -0.25) is 4.99 Å². The Balaban J connectivity index is 2.17. The number of hydrogen-bond acceptors (Lipinski definition) is 3. The topological polar surface area (TPSA) is 65.7 Å². The summed E-state index contributed by atoms with van der Waals surface area (Å²) in [7, 11) is 3.08. The minimum Gasteiger partial charge on any atom is -0.374 e. The molecule has 0 bridgehead atoms. The van der Waals surface area contributed by atoms with Crippen LogP contribution in [0, 0.1) is 5.82 Å². The van der Waals surface area contributed by atoms with Gasteiger partial charge in [-0.1, -0.05) is 12.1 Å². The number of guanidine groups is 1. The van der Waals surface area contributed by atoms with Crippen LogP contribution in [-0.2, 0) is 19.2 Å². The maximum absolute atomic E-state index is 13.6. The molecule has 2 rings (SSSR count). The summed E-state index contributed by atoms with van der Waals surface area (Å²) in [6.45, 7) is 2.34. The van der Waals surface area contributed by atoms with Gasteiger partial charge in [0.15, 0.2) is 5.96 Å². The van der Waals surface area contributed by atoms with Crippen molar-refractivity contribution < 1.29 is 22.7 Å². The third kappa shape index (κ3) is 5.47. The van der Waals surface area contributed by atoms with E-state index >= 15 is 0 Å². The van der Waals surface area contributed by atoms with Gasteiger partial charge in [-0.05, 0) is 24.6 Å². The van der Waals surface area contributed by atoms with E-state index in [1.54, 1.807) is 24.1 Å². The molecule has 0 aliphatic heterocycles. The fourth-order valence-electron chi connectivity index (χ4n) is 2.92. The molecule has 0 amide bonds. The van der Waals surface area contributed by atoms with Gasteiger partial charge >= 0.3 is 6.18 Å². The summed E-state index contributed by atoms with van der Waals surface area (Å²) in [4.78, 5) is 9.55. The molecule has 1 heterocycles. The number of halogens is 4. The van der Waals surface area contributed by atoms with Gasteiger partial charge in [-0.2, -0.15) is 13.2 Å². The highest BCUT2D eigenvalue weighted by molar-refractivity contribution is 5.79. The van der Waals surface area contributed by atoms with E-state index in [0.717, 1.165) is 4.57 Å². The molecular formula is C19H25F4N5O. The zero-order valence-electron chi connectivity index (χ0n) is 16.5. The molecule has 6 nitrogen and oxygen atoms in total. The maximum atomic E-state index is 13.6. The SMILES string of the molecule is CCNC(=NCCC(O)(c1nccn1C)C(F)(F)F)N(C)Cc1cccc(F)c1. The van der Waals surface area contributed by atoms with Crippen LogP contribution in [0.5, 0.6) is 0 Å². The van der Waals surface area contributed by atoms with Gasteiger partial charge in [0, 0.05) is 52.5 Å². The molecule has 0 fully saturated rings. The lowest BCUT2D eigenvalue weighted by atomic mass is 9.98. The Bertz CT molecular complexity index is 836. The number of benzene rings is 1. The highest BCUT2D eigenvalue weighted by Gasteiger charge is 2.57. The second-order valence-corrected chi connectivity index (χ2v) is 6.69. The van der Waals surface area contributed by atoms with Crippen LogP contribution in [0.1, 0.15) is 24.7 Å². The maximum Gasteiger partial charge on any atom is 0.424 e. The summed E-state index contributed by atoms with van der Waals surface area (Å²) in [5, 5.41) is 13.4.